The second-order valence-electron chi connectivity index (χ2n) is 4.17. The number of benzene rings is 1. The Balaban J connectivity index is 2.22. The molecule has 102 valence electrons. The molecule has 19 heavy (non-hydrogen) atoms. The molecule has 1 aromatic carbocycles. The molecule has 0 N–H and O–H groups in total. The van der Waals surface area contributed by atoms with Gasteiger partial charge in [-0.25, -0.2) is 0 Å². The van der Waals surface area contributed by atoms with E-state index in [4.69, 9.17) is 4.74 Å². The summed E-state index contributed by atoms with van der Waals surface area (Å²) in [6.45, 7) is 1.34. The lowest BCUT2D eigenvalue weighted by molar-refractivity contribution is -0.385. The molecule has 1 aliphatic rings. The van der Waals surface area contributed by atoms with E-state index in [0.717, 1.165) is 0 Å². The van der Waals surface area contributed by atoms with Gasteiger partial charge in [0.05, 0.1) is 17.6 Å². The van der Waals surface area contributed by atoms with Crippen molar-refractivity contribution in [2.75, 3.05) is 25.0 Å². The van der Waals surface area contributed by atoms with Crippen molar-refractivity contribution in [1.82, 2.24) is 4.90 Å². The first kappa shape index (κ1) is 14.0. The van der Waals surface area contributed by atoms with E-state index in [-0.39, 0.29) is 23.3 Å². The third kappa shape index (κ3) is 3.10. The van der Waals surface area contributed by atoms with E-state index < -0.39 is 4.92 Å². The molecule has 2 rings (SSSR count). The third-order valence-electron chi connectivity index (χ3n) is 2.93. The fraction of sp³-hybridized carbons (Fsp3) is 0.417. The van der Waals surface area contributed by atoms with Crippen molar-refractivity contribution in [3.05, 3.63) is 39.9 Å². The summed E-state index contributed by atoms with van der Waals surface area (Å²) in [6, 6.07) is 6.01. The number of carbonyl (C=O) groups is 1. The molecule has 0 radical (unpaired) electrons. The molecule has 0 bridgehead atoms. The molecule has 1 aliphatic heterocycles. The summed E-state index contributed by atoms with van der Waals surface area (Å²) in [7, 11) is 0. The van der Waals surface area contributed by atoms with E-state index in [1.807, 2.05) is 0 Å². The second-order valence-corrected chi connectivity index (χ2v) is 4.82. The van der Waals surface area contributed by atoms with Crippen LogP contribution in [0.4, 0.5) is 5.69 Å². The minimum atomic E-state index is -0.532. The second kappa shape index (κ2) is 6.12. The zero-order valence-electron chi connectivity index (χ0n) is 10.1. The van der Waals surface area contributed by atoms with Crippen LogP contribution in [0.25, 0.3) is 0 Å². The fourth-order valence-corrected chi connectivity index (χ4v) is 2.37. The predicted molar refractivity (Wildman–Crippen MR) is 72.5 cm³/mol. The molecule has 0 aromatic heterocycles. The quantitative estimate of drug-likeness (QED) is 0.482. The van der Waals surface area contributed by atoms with Crippen LogP contribution in [0.2, 0.25) is 0 Å². The summed E-state index contributed by atoms with van der Waals surface area (Å²) < 4.78 is 5.45. The van der Waals surface area contributed by atoms with E-state index in [1.54, 1.807) is 17.0 Å². The highest BCUT2D eigenvalue weighted by molar-refractivity contribution is 9.09. The SMILES string of the molecule is O=C(c1ccccc1[N+](=O)[O-])N1CCOC(CBr)C1. The van der Waals surface area contributed by atoms with E-state index in [9.17, 15) is 14.9 Å². The summed E-state index contributed by atoms with van der Waals surface area (Å²) in [5.41, 5.74) is -0.0305. The van der Waals surface area contributed by atoms with Crippen LogP contribution in [-0.4, -0.2) is 46.9 Å². The molecule has 6 nitrogen and oxygen atoms in total. The summed E-state index contributed by atoms with van der Waals surface area (Å²) in [4.78, 5) is 24.3. The summed E-state index contributed by atoms with van der Waals surface area (Å²) >= 11 is 3.31. The van der Waals surface area contributed by atoms with E-state index in [0.29, 0.717) is 25.0 Å². The number of nitrogens with zero attached hydrogens (tertiary/aromatic N) is 2. The normalized spacial score (nSPS) is 19.2. The van der Waals surface area contributed by atoms with Gasteiger partial charge in [-0.3, -0.25) is 14.9 Å². The Hall–Kier alpha value is -1.47. The summed E-state index contributed by atoms with van der Waals surface area (Å²) in [6.07, 6.45) is -0.0690. The zero-order valence-corrected chi connectivity index (χ0v) is 11.7. The number of morpholine rings is 1. The van der Waals surface area contributed by atoms with Gasteiger partial charge in [-0.2, -0.15) is 0 Å². The molecule has 1 unspecified atom stereocenters. The van der Waals surface area contributed by atoms with Crippen molar-refractivity contribution in [2.24, 2.45) is 0 Å². The summed E-state index contributed by atoms with van der Waals surface area (Å²) in [5.74, 6) is -0.318. The van der Waals surface area contributed by atoms with Gasteiger partial charge in [-0.05, 0) is 6.07 Å². The number of ether oxygens (including phenoxy) is 1. The van der Waals surface area contributed by atoms with Crippen LogP contribution in [-0.2, 0) is 4.74 Å². The molecular weight excluding hydrogens is 316 g/mol. The van der Waals surface area contributed by atoms with E-state index >= 15 is 0 Å². The standard InChI is InChI=1S/C12H13BrN2O4/c13-7-9-8-14(5-6-19-9)12(16)10-3-1-2-4-11(10)15(17)18/h1-4,9H,5-8H2. The Kier molecular flexibility index (Phi) is 4.49. The minimum Gasteiger partial charge on any atom is -0.374 e. The number of para-hydroxylation sites is 1. The monoisotopic (exact) mass is 328 g/mol. The molecule has 1 heterocycles. The van der Waals surface area contributed by atoms with Crippen LogP contribution in [0.3, 0.4) is 0 Å². The first-order valence-corrected chi connectivity index (χ1v) is 6.96. The maximum atomic E-state index is 12.3. The van der Waals surface area contributed by atoms with Gasteiger partial charge in [0.1, 0.15) is 5.56 Å². The van der Waals surface area contributed by atoms with Crippen molar-refractivity contribution in [1.29, 1.82) is 0 Å². The molecule has 1 atom stereocenters. The lowest BCUT2D eigenvalue weighted by Gasteiger charge is -2.32. The number of carbonyl (C=O) groups excluding carboxylic acids is 1. The van der Waals surface area contributed by atoms with Crippen molar-refractivity contribution in [3.8, 4) is 0 Å². The molecule has 0 spiro atoms. The van der Waals surface area contributed by atoms with Crippen molar-refractivity contribution >= 4 is 27.5 Å². The molecule has 0 saturated carbocycles. The molecule has 1 aromatic rings. The Morgan fingerprint density at radius 2 is 2.26 bits per heavy atom. The van der Waals surface area contributed by atoms with Gasteiger partial charge >= 0.3 is 0 Å². The molecule has 7 heteroatoms. The third-order valence-corrected chi connectivity index (χ3v) is 3.65. The molecule has 1 saturated heterocycles. The number of amides is 1. The fourth-order valence-electron chi connectivity index (χ4n) is 1.98. The van der Waals surface area contributed by atoms with Gasteiger partial charge in [0.2, 0.25) is 0 Å². The van der Waals surface area contributed by atoms with Gasteiger partial charge in [0.15, 0.2) is 0 Å². The average Bonchev–Trinajstić information content (AvgIpc) is 2.46. The maximum Gasteiger partial charge on any atom is 0.282 e. The number of alkyl halides is 1. The molecule has 1 fully saturated rings. The van der Waals surface area contributed by atoms with Gasteiger partial charge < -0.3 is 9.64 Å². The first-order chi connectivity index (χ1) is 9.13. The highest BCUT2D eigenvalue weighted by atomic mass is 79.9. The predicted octanol–water partition coefficient (Wildman–Crippen LogP) is 1.83. The number of hydrogen-bond donors (Lipinski definition) is 0. The van der Waals surface area contributed by atoms with Crippen molar-refractivity contribution in [3.63, 3.8) is 0 Å². The first-order valence-electron chi connectivity index (χ1n) is 5.83. The average molecular weight is 329 g/mol. The number of rotatable bonds is 3. The van der Waals surface area contributed by atoms with Crippen LogP contribution >= 0.6 is 15.9 Å². The molecule has 0 aliphatic carbocycles. The minimum absolute atomic E-state index is 0.0690. The number of nitro benzene ring substituents is 1. The molecular formula is C12H13BrN2O4. The number of hydrogen-bond acceptors (Lipinski definition) is 4. The van der Waals surface area contributed by atoms with E-state index in [2.05, 4.69) is 15.9 Å². The summed E-state index contributed by atoms with van der Waals surface area (Å²) in [5, 5.41) is 11.6. The zero-order chi connectivity index (χ0) is 13.8. The largest absolute Gasteiger partial charge is 0.374 e. The molecule has 1 amide bonds. The van der Waals surface area contributed by atoms with Crippen LogP contribution in [0, 0.1) is 10.1 Å². The van der Waals surface area contributed by atoms with E-state index in [1.165, 1.54) is 12.1 Å². The van der Waals surface area contributed by atoms with Gasteiger partial charge in [-0.1, -0.05) is 28.1 Å². The van der Waals surface area contributed by atoms with Gasteiger partial charge in [0, 0.05) is 24.5 Å². The Morgan fingerprint density at radius 3 is 2.95 bits per heavy atom. The van der Waals surface area contributed by atoms with Gasteiger partial charge in [-0.15, -0.1) is 0 Å². The van der Waals surface area contributed by atoms with Crippen molar-refractivity contribution in [2.45, 2.75) is 6.10 Å². The van der Waals surface area contributed by atoms with Crippen molar-refractivity contribution < 1.29 is 14.5 Å². The maximum absolute atomic E-state index is 12.3. The topological polar surface area (TPSA) is 72.7 Å². The van der Waals surface area contributed by atoms with Gasteiger partial charge in [0.25, 0.3) is 11.6 Å². The highest BCUT2D eigenvalue weighted by Crippen LogP contribution is 2.21. The Labute approximate surface area is 118 Å². The highest BCUT2D eigenvalue weighted by Gasteiger charge is 2.28. The van der Waals surface area contributed by atoms with Crippen LogP contribution in [0.15, 0.2) is 24.3 Å². The van der Waals surface area contributed by atoms with Crippen LogP contribution in [0.5, 0.6) is 0 Å². The smallest absolute Gasteiger partial charge is 0.282 e. The van der Waals surface area contributed by atoms with Crippen LogP contribution in [0.1, 0.15) is 10.4 Å². The Bertz CT molecular complexity index is 494. The lowest BCUT2D eigenvalue weighted by Crippen LogP contribution is -2.46. The number of halogens is 1. The Morgan fingerprint density at radius 1 is 1.53 bits per heavy atom. The van der Waals surface area contributed by atoms with Crippen LogP contribution < -0.4 is 0 Å². The number of nitro groups is 1. The lowest BCUT2D eigenvalue weighted by atomic mass is 10.1.